The lowest BCUT2D eigenvalue weighted by atomic mass is 9.99. The van der Waals surface area contributed by atoms with E-state index in [1.54, 1.807) is 17.3 Å². The number of benzene rings is 2. The number of carbonyl (C=O) groups excluding carboxylic acids is 1. The molecule has 0 unspecified atom stereocenters. The van der Waals surface area contributed by atoms with E-state index >= 15 is 0 Å². The predicted octanol–water partition coefficient (Wildman–Crippen LogP) is 2.32. The Labute approximate surface area is 193 Å². The van der Waals surface area contributed by atoms with Gasteiger partial charge in [0.15, 0.2) is 0 Å². The highest BCUT2D eigenvalue weighted by Crippen LogP contribution is 2.26. The van der Waals surface area contributed by atoms with Gasteiger partial charge in [-0.2, -0.15) is 10.2 Å². The number of carbonyl (C=O) groups is 1. The molecule has 0 spiro atoms. The van der Waals surface area contributed by atoms with E-state index in [1.807, 2.05) is 24.3 Å². The number of aromatic nitrogens is 2. The average Bonchev–Trinajstić information content (AvgIpc) is 2.98. The smallest absolute Gasteiger partial charge is 0.257 e. The molecular formula is C26H28N4O3. The fraction of sp³-hybridized carbons (Fsp3) is 0.346. The summed E-state index contributed by atoms with van der Waals surface area (Å²) in [5.74, 6) is 0.501. The number of β-amino-alcohol motifs (C(OH)–C–C–N with tert-alkyl or cyclic N) is 1. The van der Waals surface area contributed by atoms with Crippen molar-refractivity contribution in [1.29, 1.82) is 0 Å². The molecule has 2 aliphatic heterocycles. The van der Waals surface area contributed by atoms with Gasteiger partial charge in [0.1, 0.15) is 12.4 Å². The molecule has 2 aliphatic rings. The zero-order valence-corrected chi connectivity index (χ0v) is 18.6. The molecule has 5 rings (SSSR count). The first-order valence-corrected chi connectivity index (χ1v) is 11.4. The Bertz CT molecular complexity index is 1120. The van der Waals surface area contributed by atoms with Crippen LogP contribution < -0.4 is 4.74 Å². The summed E-state index contributed by atoms with van der Waals surface area (Å²) in [5, 5.41) is 18.6. The van der Waals surface area contributed by atoms with Crippen LogP contribution in [0.1, 0.15) is 32.6 Å². The SMILES string of the molecule is O=C1c2cc(Cc3ccnnc3)ccc2OCCN1C[C@@H](O)CN1CCc2ccccc2C1. The molecule has 7 heteroatoms. The van der Waals surface area contributed by atoms with Gasteiger partial charge in [0.05, 0.1) is 24.4 Å². The first kappa shape index (κ1) is 21.6. The van der Waals surface area contributed by atoms with Gasteiger partial charge in [0.2, 0.25) is 0 Å². The Morgan fingerprint density at radius 1 is 1.00 bits per heavy atom. The minimum atomic E-state index is -0.619. The largest absolute Gasteiger partial charge is 0.491 e. The Kier molecular flexibility index (Phi) is 6.32. The lowest BCUT2D eigenvalue weighted by Gasteiger charge is -2.32. The maximum absolute atomic E-state index is 13.3. The number of aliphatic hydroxyl groups excluding tert-OH is 1. The second kappa shape index (κ2) is 9.68. The summed E-state index contributed by atoms with van der Waals surface area (Å²) in [6, 6.07) is 16.1. The first-order chi connectivity index (χ1) is 16.2. The molecule has 1 atom stereocenters. The first-order valence-electron chi connectivity index (χ1n) is 11.4. The van der Waals surface area contributed by atoms with Crippen molar-refractivity contribution >= 4 is 5.91 Å². The van der Waals surface area contributed by atoms with E-state index in [2.05, 4.69) is 39.4 Å². The quantitative estimate of drug-likeness (QED) is 0.629. The van der Waals surface area contributed by atoms with Gasteiger partial charge in [0.25, 0.3) is 5.91 Å². The predicted molar refractivity (Wildman–Crippen MR) is 124 cm³/mol. The number of hydrogen-bond acceptors (Lipinski definition) is 6. The van der Waals surface area contributed by atoms with Gasteiger partial charge in [-0.25, -0.2) is 0 Å². The van der Waals surface area contributed by atoms with Crippen LogP contribution in [0.25, 0.3) is 0 Å². The molecule has 0 radical (unpaired) electrons. The van der Waals surface area contributed by atoms with Crippen molar-refractivity contribution in [2.24, 2.45) is 0 Å². The number of ether oxygens (including phenoxy) is 1. The molecular weight excluding hydrogens is 416 g/mol. The molecule has 3 heterocycles. The van der Waals surface area contributed by atoms with Gasteiger partial charge < -0.3 is 14.7 Å². The highest BCUT2D eigenvalue weighted by atomic mass is 16.5. The highest BCUT2D eigenvalue weighted by Gasteiger charge is 2.27. The lowest BCUT2D eigenvalue weighted by molar-refractivity contribution is 0.0501. The Morgan fingerprint density at radius 2 is 1.88 bits per heavy atom. The van der Waals surface area contributed by atoms with E-state index in [4.69, 9.17) is 4.74 Å². The standard InChI is InChI=1S/C26H28N4O3/c31-23(17-29-10-8-21-3-1-2-4-22(21)16-29)18-30-11-12-33-25-6-5-19(14-24(25)26(30)32)13-20-7-9-27-28-15-20/h1-7,9,14-15,23,31H,8,10-13,16-18H2/t23-/m0/s1. The van der Waals surface area contributed by atoms with Crippen molar-refractivity contribution < 1.29 is 14.6 Å². The minimum Gasteiger partial charge on any atom is -0.491 e. The number of rotatable bonds is 6. The Balaban J connectivity index is 1.24. The van der Waals surface area contributed by atoms with Crippen molar-refractivity contribution in [3.05, 3.63) is 88.7 Å². The third kappa shape index (κ3) is 5.05. The third-order valence-corrected chi connectivity index (χ3v) is 6.34. The molecule has 3 aromatic rings. The molecule has 1 aromatic heterocycles. The molecule has 1 amide bonds. The van der Waals surface area contributed by atoms with E-state index in [0.717, 1.165) is 30.6 Å². The van der Waals surface area contributed by atoms with E-state index < -0.39 is 6.10 Å². The lowest BCUT2D eigenvalue weighted by Crippen LogP contribution is -2.44. The molecule has 33 heavy (non-hydrogen) atoms. The van der Waals surface area contributed by atoms with Crippen molar-refractivity contribution in [2.75, 3.05) is 32.8 Å². The van der Waals surface area contributed by atoms with Crippen LogP contribution in [0.4, 0.5) is 0 Å². The van der Waals surface area contributed by atoms with Gasteiger partial charge in [0, 0.05) is 32.4 Å². The van der Waals surface area contributed by atoms with Crippen molar-refractivity contribution in [3.8, 4) is 5.75 Å². The normalized spacial score (nSPS) is 17.0. The summed E-state index contributed by atoms with van der Waals surface area (Å²) in [4.78, 5) is 17.3. The highest BCUT2D eigenvalue weighted by molar-refractivity contribution is 5.97. The minimum absolute atomic E-state index is 0.0970. The number of fused-ring (bicyclic) bond motifs is 2. The summed E-state index contributed by atoms with van der Waals surface area (Å²) >= 11 is 0. The zero-order chi connectivity index (χ0) is 22.6. The summed E-state index contributed by atoms with van der Waals surface area (Å²) in [6.07, 6.45) is 4.42. The van der Waals surface area contributed by atoms with Crippen molar-refractivity contribution in [3.63, 3.8) is 0 Å². The molecule has 0 saturated carbocycles. The van der Waals surface area contributed by atoms with E-state index in [0.29, 0.717) is 37.4 Å². The fourth-order valence-corrected chi connectivity index (χ4v) is 4.67. The number of nitrogens with zero attached hydrogens (tertiary/aromatic N) is 4. The second-order valence-electron chi connectivity index (χ2n) is 8.77. The topological polar surface area (TPSA) is 78.8 Å². The van der Waals surface area contributed by atoms with Crippen LogP contribution >= 0.6 is 0 Å². The van der Waals surface area contributed by atoms with E-state index in [-0.39, 0.29) is 12.5 Å². The second-order valence-corrected chi connectivity index (χ2v) is 8.77. The van der Waals surface area contributed by atoms with Gasteiger partial charge >= 0.3 is 0 Å². The summed E-state index contributed by atoms with van der Waals surface area (Å²) in [5.41, 5.74) is 5.29. The molecule has 1 N–H and O–H groups in total. The van der Waals surface area contributed by atoms with Gasteiger partial charge in [-0.15, -0.1) is 0 Å². The van der Waals surface area contributed by atoms with Crippen molar-refractivity contribution in [2.45, 2.75) is 25.5 Å². The van der Waals surface area contributed by atoms with Crippen molar-refractivity contribution in [1.82, 2.24) is 20.0 Å². The maximum atomic E-state index is 13.3. The van der Waals surface area contributed by atoms with Crippen LogP contribution in [-0.4, -0.2) is 69.9 Å². The number of hydrogen-bond donors (Lipinski definition) is 1. The average molecular weight is 445 g/mol. The van der Waals surface area contributed by atoms with Gasteiger partial charge in [-0.05, 0) is 53.3 Å². The van der Waals surface area contributed by atoms with E-state index in [9.17, 15) is 9.90 Å². The van der Waals surface area contributed by atoms with Crippen LogP contribution in [0.3, 0.4) is 0 Å². The molecule has 0 fully saturated rings. The molecule has 0 bridgehead atoms. The van der Waals surface area contributed by atoms with Crippen LogP contribution in [0.15, 0.2) is 60.9 Å². The third-order valence-electron chi connectivity index (χ3n) is 6.34. The Hall–Kier alpha value is -3.29. The summed E-state index contributed by atoms with van der Waals surface area (Å²) in [7, 11) is 0. The number of aliphatic hydroxyl groups is 1. The van der Waals surface area contributed by atoms with Crippen LogP contribution in [0.2, 0.25) is 0 Å². The zero-order valence-electron chi connectivity index (χ0n) is 18.6. The maximum Gasteiger partial charge on any atom is 0.257 e. The molecule has 0 saturated heterocycles. The molecule has 170 valence electrons. The Morgan fingerprint density at radius 3 is 2.73 bits per heavy atom. The van der Waals surface area contributed by atoms with E-state index in [1.165, 1.54) is 11.1 Å². The van der Waals surface area contributed by atoms with Gasteiger partial charge in [-0.3, -0.25) is 9.69 Å². The van der Waals surface area contributed by atoms with Gasteiger partial charge in [-0.1, -0.05) is 30.3 Å². The summed E-state index contributed by atoms with van der Waals surface area (Å²) < 4.78 is 5.85. The van der Waals surface area contributed by atoms with Crippen LogP contribution in [0, 0.1) is 0 Å². The summed E-state index contributed by atoms with van der Waals surface area (Å²) in [6.45, 7) is 3.45. The fourth-order valence-electron chi connectivity index (χ4n) is 4.67. The van der Waals surface area contributed by atoms with Crippen LogP contribution in [-0.2, 0) is 19.4 Å². The number of amides is 1. The van der Waals surface area contributed by atoms with Crippen LogP contribution in [0.5, 0.6) is 5.75 Å². The molecule has 0 aliphatic carbocycles. The molecule has 7 nitrogen and oxygen atoms in total. The monoisotopic (exact) mass is 444 g/mol. The molecule has 2 aromatic carbocycles.